The Labute approximate surface area is 147 Å². The van der Waals surface area contributed by atoms with Gasteiger partial charge in [-0.15, -0.1) is 0 Å². The van der Waals surface area contributed by atoms with Crippen molar-refractivity contribution in [3.05, 3.63) is 59.9 Å². The molecule has 3 aromatic rings. The maximum atomic E-state index is 6.08. The zero-order chi connectivity index (χ0) is 16.5. The summed E-state index contributed by atoms with van der Waals surface area (Å²) < 4.78 is 7.86. The van der Waals surface area contributed by atoms with Crippen LogP contribution in [0.3, 0.4) is 0 Å². The number of aromatic nitrogens is 2. The Morgan fingerprint density at radius 2 is 2.12 bits per heavy atom. The van der Waals surface area contributed by atoms with E-state index in [2.05, 4.69) is 60.0 Å². The van der Waals surface area contributed by atoms with Crippen molar-refractivity contribution in [1.82, 2.24) is 8.96 Å². The van der Waals surface area contributed by atoms with Gasteiger partial charge in [0.25, 0.3) is 0 Å². The van der Waals surface area contributed by atoms with Gasteiger partial charge in [-0.2, -0.15) is 0 Å². The first-order chi connectivity index (χ1) is 11.7. The summed E-state index contributed by atoms with van der Waals surface area (Å²) >= 11 is 4.41. The predicted octanol–water partition coefficient (Wildman–Crippen LogP) is 3.83. The Morgan fingerprint density at radius 3 is 2.96 bits per heavy atom. The van der Waals surface area contributed by atoms with Crippen molar-refractivity contribution < 1.29 is 4.74 Å². The summed E-state index contributed by atoms with van der Waals surface area (Å²) in [6.45, 7) is 4.70. The lowest BCUT2D eigenvalue weighted by Gasteiger charge is -2.18. The number of anilines is 1. The summed E-state index contributed by atoms with van der Waals surface area (Å²) in [6.07, 6.45) is 5.27. The Balaban J connectivity index is 1.44. The fraction of sp³-hybridized carbons (Fsp3) is 0.316. The summed E-state index contributed by atoms with van der Waals surface area (Å²) in [4.78, 5) is 6.93. The lowest BCUT2D eigenvalue weighted by Crippen LogP contribution is -2.22. The quantitative estimate of drug-likeness (QED) is 0.733. The maximum Gasteiger partial charge on any atom is 0.150 e. The van der Waals surface area contributed by atoms with E-state index in [0.29, 0.717) is 6.61 Å². The number of aryl methyl sites for hydroxylation is 1. The Morgan fingerprint density at radius 1 is 1.29 bits per heavy atom. The van der Waals surface area contributed by atoms with E-state index in [1.807, 2.05) is 18.5 Å². The van der Waals surface area contributed by atoms with E-state index < -0.39 is 0 Å². The lowest BCUT2D eigenvalue weighted by atomic mass is 10.2. The third-order valence-corrected chi connectivity index (χ3v) is 4.95. The minimum Gasteiger partial charge on any atom is -0.372 e. The van der Waals surface area contributed by atoms with E-state index in [1.165, 1.54) is 11.1 Å². The first-order valence-electron chi connectivity index (χ1n) is 8.28. The molecule has 5 heteroatoms. The van der Waals surface area contributed by atoms with Gasteiger partial charge in [-0.3, -0.25) is 3.97 Å². The van der Waals surface area contributed by atoms with Crippen LogP contribution in [0.2, 0.25) is 0 Å². The van der Waals surface area contributed by atoms with E-state index in [1.54, 1.807) is 3.97 Å². The number of benzene rings is 1. The molecule has 1 fully saturated rings. The van der Waals surface area contributed by atoms with Gasteiger partial charge >= 0.3 is 0 Å². The van der Waals surface area contributed by atoms with Crippen LogP contribution >= 0.6 is 12.8 Å². The van der Waals surface area contributed by atoms with Crippen molar-refractivity contribution in [1.29, 1.82) is 0 Å². The van der Waals surface area contributed by atoms with Crippen molar-refractivity contribution >= 4 is 29.5 Å². The van der Waals surface area contributed by atoms with Gasteiger partial charge in [0.1, 0.15) is 5.65 Å². The van der Waals surface area contributed by atoms with Crippen LogP contribution in [0.25, 0.3) is 11.0 Å². The van der Waals surface area contributed by atoms with Crippen molar-refractivity contribution in [2.24, 2.45) is 0 Å². The van der Waals surface area contributed by atoms with Crippen LogP contribution in [0, 0.1) is 6.92 Å². The zero-order valence-corrected chi connectivity index (χ0v) is 14.6. The molecule has 1 aliphatic heterocycles. The van der Waals surface area contributed by atoms with Gasteiger partial charge in [-0.25, -0.2) is 4.98 Å². The fourth-order valence-electron chi connectivity index (χ4n) is 3.29. The monoisotopic (exact) mass is 339 g/mol. The molecule has 0 radical (unpaired) electrons. The zero-order valence-electron chi connectivity index (χ0n) is 13.7. The molecule has 0 bridgehead atoms. The molecule has 0 spiro atoms. The van der Waals surface area contributed by atoms with Crippen LogP contribution in [-0.2, 0) is 11.3 Å². The third-order valence-electron chi connectivity index (χ3n) is 4.65. The predicted molar refractivity (Wildman–Crippen MR) is 101 cm³/mol. The van der Waals surface area contributed by atoms with Crippen LogP contribution in [0.4, 0.5) is 5.69 Å². The maximum absolute atomic E-state index is 6.08. The van der Waals surface area contributed by atoms with E-state index in [9.17, 15) is 0 Å². The van der Waals surface area contributed by atoms with Gasteiger partial charge in [-0.05, 0) is 30.5 Å². The van der Waals surface area contributed by atoms with Crippen molar-refractivity contribution in [3.63, 3.8) is 0 Å². The number of hydrogen-bond acceptors (Lipinski definition) is 4. The van der Waals surface area contributed by atoms with Gasteiger partial charge < -0.3 is 9.64 Å². The molecule has 1 saturated heterocycles. The van der Waals surface area contributed by atoms with Crippen LogP contribution < -0.4 is 4.90 Å². The molecule has 24 heavy (non-hydrogen) atoms. The molecule has 1 unspecified atom stereocenters. The Kier molecular flexibility index (Phi) is 4.21. The molecule has 4 rings (SSSR count). The van der Waals surface area contributed by atoms with Gasteiger partial charge in [0.2, 0.25) is 0 Å². The second-order valence-electron chi connectivity index (χ2n) is 6.37. The highest BCUT2D eigenvalue weighted by atomic mass is 32.1. The topological polar surface area (TPSA) is 30.3 Å². The molecule has 0 amide bonds. The molecule has 124 valence electrons. The number of ether oxygens (including phenoxy) is 1. The van der Waals surface area contributed by atoms with Crippen LogP contribution in [0.15, 0.2) is 48.8 Å². The molecule has 0 N–H and O–H groups in total. The number of thiol groups is 1. The number of rotatable bonds is 4. The largest absolute Gasteiger partial charge is 0.372 e. The summed E-state index contributed by atoms with van der Waals surface area (Å²) in [5.41, 5.74) is 4.50. The molecule has 2 aromatic heterocycles. The number of hydrogen-bond donors (Lipinski definition) is 1. The highest BCUT2D eigenvalue weighted by Crippen LogP contribution is 2.27. The fourth-order valence-corrected chi connectivity index (χ4v) is 3.63. The van der Waals surface area contributed by atoms with Crippen LogP contribution in [0.5, 0.6) is 0 Å². The SMILES string of the molecule is Cc1cn(S)c2ncc(N3CCC(OCc4ccccc4)C3)cc12. The van der Waals surface area contributed by atoms with E-state index in [-0.39, 0.29) is 6.10 Å². The summed E-state index contributed by atoms with van der Waals surface area (Å²) in [6, 6.07) is 12.6. The second-order valence-corrected chi connectivity index (χ2v) is 6.81. The van der Waals surface area contributed by atoms with Gasteiger partial charge in [0.05, 0.1) is 24.6 Å². The lowest BCUT2D eigenvalue weighted by molar-refractivity contribution is 0.0553. The third kappa shape index (κ3) is 3.01. The number of pyridine rings is 1. The molecule has 1 aliphatic rings. The first kappa shape index (κ1) is 15.5. The van der Waals surface area contributed by atoms with Gasteiger partial charge in [0.15, 0.2) is 0 Å². The van der Waals surface area contributed by atoms with Crippen molar-refractivity contribution in [3.8, 4) is 0 Å². The van der Waals surface area contributed by atoms with Crippen LogP contribution in [-0.4, -0.2) is 28.1 Å². The van der Waals surface area contributed by atoms with Crippen molar-refractivity contribution in [2.45, 2.75) is 26.1 Å². The van der Waals surface area contributed by atoms with E-state index in [0.717, 1.165) is 36.2 Å². The minimum atomic E-state index is 0.275. The highest BCUT2D eigenvalue weighted by molar-refractivity contribution is 7.78. The van der Waals surface area contributed by atoms with Crippen LogP contribution in [0.1, 0.15) is 17.5 Å². The molecule has 1 atom stereocenters. The summed E-state index contributed by atoms with van der Waals surface area (Å²) in [5.74, 6) is 0. The second kappa shape index (κ2) is 6.49. The average Bonchev–Trinajstić information content (AvgIpc) is 3.19. The van der Waals surface area contributed by atoms with E-state index >= 15 is 0 Å². The molecule has 1 aromatic carbocycles. The molecule has 3 heterocycles. The van der Waals surface area contributed by atoms with Gasteiger partial charge in [-0.1, -0.05) is 43.1 Å². The average molecular weight is 339 g/mol. The Hall–Kier alpha value is -1.98. The highest BCUT2D eigenvalue weighted by Gasteiger charge is 2.24. The summed E-state index contributed by atoms with van der Waals surface area (Å²) in [5, 5.41) is 1.16. The molecule has 4 nitrogen and oxygen atoms in total. The molecule has 0 aliphatic carbocycles. The van der Waals surface area contributed by atoms with E-state index in [4.69, 9.17) is 4.74 Å². The standard InChI is InChI=1S/C19H21N3OS/c1-14-11-22(24)19-18(14)9-16(10-20-19)21-8-7-17(12-21)23-13-15-5-3-2-4-6-15/h2-6,9-11,17,24H,7-8,12-13H2,1H3. The number of nitrogens with zero attached hydrogens (tertiary/aromatic N) is 3. The molecular formula is C19H21N3OS. The smallest absolute Gasteiger partial charge is 0.150 e. The first-order valence-corrected chi connectivity index (χ1v) is 8.68. The molecule has 0 saturated carbocycles. The normalized spacial score (nSPS) is 17.8. The summed E-state index contributed by atoms with van der Waals surface area (Å²) in [7, 11) is 0. The minimum absolute atomic E-state index is 0.275. The van der Waals surface area contributed by atoms with Crippen molar-refractivity contribution in [2.75, 3.05) is 18.0 Å². The number of fused-ring (bicyclic) bond motifs is 1. The molecular weight excluding hydrogens is 318 g/mol. The van der Waals surface area contributed by atoms with Gasteiger partial charge in [0, 0.05) is 24.7 Å². The Bertz CT molecular complexity index is 846.